The van der Waals surface area contributed by atoms with Gasteiger partial charge in [0.15, 0.2) is 11.5 Å². The minimum absolute atomic E-state index is 0.283. The molecule has 0 aliphatic rings. The molecule has 7 heteroatoms. The summed E-state index contributed by atoms with van der Waals surface area (Å²) in [5.41, 5.74) is 3.83. The van der Waals surface area contributed by atoms with Gasteiger partial charge in [-0.25, -0.2) is 9.07 Å². The van der Waals surface area contributed by atoms with E-state index in [1.165, 1.54) is 12.1 Å². The highest BCUT2D eigenvalue weighted by Crippen LogP contribution is 2.39. The minimum atomic E-state index is -0.283. The van der Waals surface area contributed by atoms with Crippen LogP contribution < -0.4 is 14.2 Å². The van der Waals surface area contributed by atoms with E-state index in [0.29, 0.717) is 28.5 Å². The summed E-state index contributed by atoms with van der Waals surface area (Å²) >= 11 is 0. The van der Waals surface area contributed by atoms with E-state index in [1.54, 1.807) is 44.2 Å². The molecule has 1 heterocycles. The third kappa shape index (κ3) is 3.00. The van der Waals surface area contributed by atoms with Crippen molar-refractivity contribution in [3.05, 3.63) is 60.4 Å². The Kier molecular flexibility index (Phi) is 4.57. The summed E-state index contributed by atoms with van der Waals surface area (Å²) in [6, 6.07) is 15.7. The van der Waals surface area contributed by atoms with Gasteiger partial charge < -0.3 is 14.2 Å². The van der Waals surface area contributed by atoms with Gasteiger partial charge in [0, 0.05) is 12.1 Å². The Balaban J connectivity index is 1.89. The van der Waals surface area contributed by atoms with Gasteiger partial charge in [0.2, 0.25) is 5.75 Å². The van der Waals surface area contributed by atoms with Crippen LogP contribution in [0.2, 0.25) is 0 Å². The predicted octanol–water partition coefficient (Wildman–Crippen LogP) is 4.25. The Morgan fingerprint density at radius 2 is 1.54 bits per heavy atom. The Bertz CT molecular complexity index is 1130. The van der Waals surface area contributed by atoms with E-state index in [9.17, 15) is 4.39 Å². The number of hydrogen-bond acceptors (Lipinski definition) is 5. The topological polar surface area (TPSA) is 58.4 Å². The number of aromatic nitrogens is 3. The summed E-state index contributed by atoms with van der Waals surface area (Å²) in [4.78, 5) is 0. The lowest BCUT2D eigenvalue weighted by atomic mass is 10.0. The first-order valence-electron chi connectivity index (χ1n) is 8.56. The Morgan fingerprint density at radius 1 is 0.821 bits per heavy atom. The molecule has 0 aliphatic carbocycles. The lowest BCUT2D eigenvalue weighted by Crippen LogP contribution is -2.01. The second kappa shape index (κ2) is 7.19. The first-order chi connectivity index (χ1) is 13.6. The Hall–Kier alpha value is -3.61. The third-order valence-electron chi connectivity index (χ3n) is 4.50. The molecule has 3 aromatic carbocycles. The van der Waals surface area contributed by atoms with Crippen LogP contribution in [0.5, 0.6) is 17.2 Å². The van der Waals surface area contributed by atoms with Crippen molar-refractivity contribution in [3.8, 4) is 34.1 Å². The summed E-state index contributed by atoms with van der Waals surface area (Å²) in [5.74, 6) is 1.25. The van der Waals surface area contributed by atoms with Crippen LogP contribution in [0.15, 0.2) is 54.6 Å². The fraction of sp³-hybridized carbons (Fsp3) is 0.143. The van der Waals surface area contributed by atoms with Crippen LogP contribution in [0.3, 0.4) is 0 Å². The highest BCUT2D eigenvalue weighted by atomic mass is 19.1. The molecule has 0 unspecified atom stereocenters. The SMILES string of the molecule is COc1cc(-n2nnc3ccc(-c4cccc(F)c4)cc32)cc(OC)c1OC. The normalized spacial score (nSPS) is 10.9. The Labute approximate surface area is 161 Å². The van der Waals surface area contributed by atoms with Crippen molar-refractivity contribution in [1.29, 1.82) is 0 Å². The molecule has 6 nitrogen and oxygen atoms in total. The molecule has 0 N–H and O–H groups in total. The summed E-state index contributed by atoms with van der Waals surface area (Å²) in [6.07, 6.45) is 0. The molecule has 0 saturated carbocycles. The van der Waals surface area contributed by atoms with E-state index in [1.807, 2.05) is 24.3 Å². The van der Waals surface area contributed by atoms with E-state index in [-0.39, 0.29) is 5.82 Å². The molecular weight excluding hydrogens is 361 g/mol. The fourth-order valence-electron chi connectivity index (χ4n) is 3.15. The first-order valence-corrected chi connectivity index (χ1v) is 8.56. The molecule has 0 spiro atoms. The average molecular weight is 379 g/mol. The number of ether oxygens (including phenoxy) is 3. The van der Waals surface area contributed by atoms with Crippen LogP contribution in [-0.2, 0) is 0 Å². The average Bonchev–Trinajstić information content (AvgIpc) is 3.15. The zero-order chi connectivity index (χ0) is 19.7. The van der Waals surface area contributed by atoms with Gasteiger partial charge >= 0.3 is 0 Å². The third-order valence-corrected chi connectivity index (χ3v) is 4.50. The molecule has 0 amide bonds. The molecule has 142 valence electrons. The number of nitrogens with zero attached hydrogens (tertiary/aromatic N) is 3. The van der Waals surface area contributed by atoms with Crippen molar-refractivity contribution in [3.63, 3.8) is 0 Å². The van der Waals surface area contributed by atoms with Gasteiger partial charge in [-0.3, -0.25) is 0 Å². The van der Waals surface area contributed by atoms with Gasteiger partial charge in [-0.15, -0.1) is 5.10 Å². The molecule has 4 rings (SSSR count). The van der Waals surface area contributed by atoms with Gasteiger partial charge in [-0.2, -0.15) is 0 Å². The van der Waals surface area contributed by atoms with Crippen LogP contribution in [0.25, 0.3) is 27.8 Å². The maximum atomic E-state index is 13.6. The van der Waals surface area contributed by atoms with Crippen molar-refractivity contribution in [1.82, 2.24) is 15.0 Å². The summed E-state index contributed by atoms with van der Waals surface area (Å²) < 4.78 is 31.5. The molecule has 4 aromatic rings. The van der Waals surface area contributed by atoms with E-state index in [0.717, 1.165) is 16.6 Å². The van der Waals surface area contributed by atoms with Crippen LogP contribution in [0, 0.1) is 5.82 Å². The molecule has 0 radical (unpaired) electrons. The van der Waals surface area contributed by atoms with Gasteiger partial charge in [-0.1, -0.05) is 23.4 Å². The van der Waals surface area contributed by atoms with Gasteiger partial charge in [0.05, 0.1) is 32.5 Å². The molecule has 0 atom stereocenters. The molecule has 0 saturated heterocycles. The quantitative estimate of drug-likeness (QED) is 0.519. The number of fused-ring (bicyclic) bond motifs is 1. The predicted molar refractivity (Wildman–Crippen MR) is 104 cm³/mol. The van der Waals surface area contributed by atoms with Crippen molar-refractivity contribution >= 4 is 11.0 Å². The Morgan fingerprint density at radius 3 is 2.18 bits per heavy atom. The number of hydrogen-bond donors (Lipinski definition) is 0. The first kappa shape index (κ1) is 17.8. The second-order valence-electron chi connectivity index (χ2n) is 6.10. The minimum Gasteiger partial charge on any atom is -0.493 e. The van der Waals surface area contributed by atoms with Crippen LogP contribution in [0.4, 0.5) is 4.39 Å². The molecule has 1 aromatic heterocycles. The maximum Gasteiger partial charge on any atom is 0.203 e. The number of rotatable bonds is 5. The number of benzene rings is 3. The zero-order valence-electron chi connectivity index (χ0n) is 15.6. The lowest BCUT2D eigenvalue weighted by Gasteiger charge is -2.14. The molecule has 28 heavy (non-hydrogen) atoms. The fourth-order valence-corrected chi connectivity index (χ4v) is 3.15. The smallest absolute Gasteiger partial charge is 0.203 e. The van der Waals surface area contributed by atoms with E-state index in [2.05, 4.69) is 10.3 Å². The molecule has 0 aliphatic heterocycles. The van der Waals surface area contributed by atoms with Crippen molar-refractivity contribution in [2.24, 2.45) is 0 Å². The van der Waals surface area contributed by atoms with Gasteiger partial charge in [-0.05, 0) is 35.4 Å². The maximum absolute atomic E-state index is 13.6. The monoisotopic (exact) mass is 379 g/mol. The largest absolute Gasteiger partial charge is 0.493 e. The highest BCUT2D eigenvalue weighted by Gasteiger charge is 2.16. The van der Waals surface area contributed by atoms with E-state index < -0.39 is 0 Å². The van der Waals surface area contributed by atoms with Gasteiger partial charge in [0.25, 0.3) is 0 Å². The van der Waals surface area contributed by atoms with E-state index in [4.69, 9.17) is 14.2 Å². The molecule has 0 fully saturated rings. The summed E-state index contributed by atoms with van der Waals surface area (Å²) in [5, 5.41) is 8.49. The van der Waals surface area contributed by atoms with Crippen LogP contribution >= 0.6 is 0 Å². The van der Waals surface area contributed by atoms with Crippen LogP contribution in [-0.4, -0.2) is 36.3 Å². The zero-order valence-corrected chi connectivity index (χ0v) is 15.6. The number of halogens is 1. The lowest BCUT2D eigenvalue weighted by molar-refractivity contribution is 0.324. The van der Waals surface area contributed by atoms with Crippen molar-refractivity contribution < 1.29 is 18.6 Å². The van der Waals surface area contributed by atoms with Gasteiger partial charge in [0.1, 0.15) is 11.3 Å². The van der Waals surface area contributed by atoms with Crippen molar-refractivity contribution in [2.45, 2.75) is 0 Å². The second-order valence-corrected chi connectivity index (χ2v) is 6.10. The van der Waals surface area contributed by atoms with Crippen LogP contribution in [0.1, 0.15) is 0 Å². The van der Waals surface area contributed by atoms with Crippen molar-refractivity contribution in [2.75, 3.05) is 21.3 Å². The summed E-state index contributed by atoms with van der Waals surface area (Å²) in [6.45, 7) is 0. The highest BCUT2D eigenvalue weighted by molar-refractivity contribution is 5.83. The summed E-state index contributed by atoms with van der Waals surface area (Å²) in [7, 11) is 4.67. The standard InChI is InChI=1S/C21H18FN3O3/c1-26-19-11-16(12-20(27-2)21(19)28-3)25-18-10-14(7-8-17(18)23-24-25)13-5-4-6-15(22)9-13/h4-12H,1-3H3. The molecular formula is C21H18FN3O3. The van der Waals surface area contributed by atoms with E-state index >= 15 is 0 Å². The number of methoxy groups -OCH3 is 3. The molecule has 0 bridgehead atoms.